The molecule has 24 heavy (non-hydrogen) atoms. The molecule has 1 aliphatic rings. The molecule has 4 heteroatoms. The van der Waals surface area contributed by atoms with E-state index in [2.05, 4.69) is 18.0 Å². The third-order valence-electron chi connectivity index (χ3n) is 5.20. The van der Waals surface area contributed by atoms with Gasteiger partial charge in [-0.1, -0.05) is 18.2 Å². The number of pyridine rings is 1. The Hall–Kier alpha value is -1.94. The lowest BCUT2D eigenvalue weighted by Crippen LogP contribution is -2.48. The normalized spacial score (nSPS) is 18.4. The lowest BCUT2D eigenvalue weighted by atomic mass is 9.95. The first-order chi connectivity index (χ1) is 11.3. The molecular formula is C20H26N2O2. The molecule has 128 valence electrons. The fourth-order valence-corrected chi connectivity index (χ4v) is 3.88. The highest BCUT2D eigenvalue weighted by atomic mass is 16.3. The molecule has 1 fully saturated rings. The number of hydrogen-bond donors (Lipinski definition) is 1. The number of likely N-dealkylation sites (tertiary alicyclic amines) is 1. The van der Waals surface area contributed by atoms with E-state index < -0.39 is 5.60 Å². The minimum absolute atomic E-state index is 0.0860. The molecule has 1 N–H and O–H groups in total. The molecule has 0 spiro atoms. The zero-order valence-electron chi connectivity index (χ0n) is 15.0. The monoisotopic (exact) mass is 326 g/mol. The van der Waals surface area contributed by atoms with Crippen molar-refractivity contribution in [2.45, 2.75) is 58.6 Å². The van der Waals surface area contributed by atoms with E-state index in [0.717, 1.165) is 47.1 Å². The van der Waals surface area contributed by atoms with Gasteiger partial charge in [0.05, 0.1) is 23.6 Å². The number of amides is 1. The van der Waals surface area contributed by atoms with Crippen LogP contribution in [0, 0.1) is 13.8 Å². The average molecular weight is 326 g/mol. The van der Waals surface area contributed by atoms with Gasteiger partial charge in [-0.15, -0.1) is 0 Å². The van der Waals surface area contributed by atoms with Crippen LogP contribution in [0.1, 0.15) is 43.5 Å². The van der Waals surface area contributed by atoms with E-state index in [0.29, 0.717) is 6.42 Å². The maximum atomic E-state index is 12.9. The SMILES string of the molecule is Cc1nc2ccccc2c(C)c1CC(=O)N1CCCC1C(C)(C)O. The lowest BCUT2D eigenvalue weighted by molar-refractivity contribution is -0.135. The van der Waals surface area contributed by atoms with Gasteiger partial charge in [-0.2, -0.15) is 0 Å². The number of para-hydroxylation sites is 1. The number of rotatable bonds is 3. The van der Waals surface area contributed by atoms with Gasteiger partial charge in [0, 0.05) is 17.6 Å². The first-order valence-corrected chi connectivity index (χ1v) is 8.65. The van der Waals surface area contributed by atoms with Gasteiger partial charge in [0.15, 0.2) is 0 Å². The molecule has 0 aliphatic carbocycles. The second-order valence-corrected chi connectivity index (χ2v) is 7.39. The van der Waals surface area contributed by atoms with Crippen LogP contribution in [0.4, 0.5) is 0 Å². The van der Waals surface area contributed by atoms with E-state index in [1.165, 1.54) is 0 Å². The van der Waals surface area contributed by atoms with E-state index in [4.69, 9.17) is 0 Å². The van der Waals surface area contributed by atoms with Crippen molar-refractivity contribution < 1.29 is 9.90 Å². The quantitative estimate of drug-likeness (QED) is 0.942. The van der Waals surface area contributed by atoms with Crippen molar-refractivity contribution in [2.24, 2.45) is 0 Å². The second-order valence-electron chi connectivity index (χ2n) is 7.39. The van der Waals surface area contributed by atoms with Gasteiger partial charge in [0.2, 0.25) is 5.91 Å². The van der Waals surface area contributed by atoms with Crippen LogP contribution in [0.15, 0.2) is 24.3 Å². The number of carbonyl (C=O) groups is 1. The summed E-state index contributed by atoms with van der Waals surface area (Å²) >= 11 is 0. The molecule has 1 amide bonds. The molecule has 1 unspecified atom stereocenters. The number of fused-ring (bicyclic) bond motifs is 1. The zero-order valence-corrected chi connectivity index (χ0v) is 15.0. The Balaban J connectivity index is 1.91. The molecule has 1 atom stereocenters. The third kappa shape index (κ3) is 3.03. The summed E-state index contributed by atoms with van der Waals surface area (Å²) in [4.78, 5) is 19.4. The van der Waals surface area contributed by atoms with Gasteiger partial charge >= 0.3 is 0 Å². The van der Waals surface area contributed by atoms with Crippen molar-refractivity contribution in [3.8, 4) is 0 Å². The predicted octanol–water partition coefficient (Wildman–Crippen LogP) is 3.16. The van der Waals surface area contributed by atoms with Crippen LogP contribution in [0.3, 0.4) is 0 Å². The zero-order chi connectivity index (χ0) is 17.5. The summed E-state index contributed by atoms with van der Waals surface area (Å²) in [6.45, 7) is 8.35. The van der Waals surface area contributed by atoms with Crippen molar-refractivity contribution in [3.05, 3.63) is 41.1 Å². The Morgan fingerprint density at radius 3 is 2.75 bits per heavy atom. The van der Waals surface area contributed by atoms with E-state index in [-0.39, 0.29) is 11.9 Å². The van der Waals surface area contributed by atoms with Gasteiger partial charge < -0.3 is 10.0 Å². The van der Waals surface area contributed by atoms with Crippen LogP contribution in [0.25, 0.3) is 10.9 Å². The maximum absolute atomic E-state index is 12.9. The van der Waals surface area contributed by atoms with E-state index in [9.17, 15) is 9.90 Å². The highest BCUT2D eigenvalue weighted by molar-refractivity contribution is 5.86. The van der Waals surface area contributed by atoms with Gasteiger partial charge in [0.25, 0.3) is 0 Å². The molecule has 1 aromatic carbocycles. The Kier molecular flexibility index (Phi) is 4.35. The number of nitrogens with zero attached hydrogens (tertiary/aromatic N) is 2. The van der Waals surface area contributed by atoms with Crippen molar-refractivity contribution >= 4 is 16.8 Å². The van der Waals surface area contributed by atoms with Crippen LogP contribution in [0.5, 0.6) is 0 Å². The lowest BCUT2D eigenvalue weighted by Gasteiger charge is -2.34. The predicted molar refractivity (Wildman–Crippen MR) is 96.0 cm³/mol. The van der Waals surface area contributed by atoms with E-state index in [1.807, 2.05) is 30.0 Å². The van der Waals surface area contributed by atoms with Crippen LogP contribution in [-0.2, 0) is 11.2 Å². The highest BCUT2D eigenvalue weighted by Gasteiger charge is 2.38. The fourth-order valence-electron chi connectivity index (χ4n) is 3.88. The standard InChI is InChI=1S/C20H26N2O2/c1-13-15-8-5-6-9-17(15)21-14(2)16(13)12-19(23)22-11-7-10-18(22)20(3,4)24/h5-6,8-9,18,24H,7,10-12H2,1-4H3. The first kappa shape index (κ1) is 16.9. The molecule has 4 nitrogen and oxygen atoms in total. The molecule has 0 radical (unpaired) electrons. The molecule has 1 aromatic heterocycles. The Bertz CT molecular complexity index is 777. The summed E-state index contributed by atoms with van der Waals surface area (Å²) < 4.78 is 0. The number of aryl methyl sites for hydroxylation is 2. The maximum Gasteiger partial charge on any atom is 0.227 e. The van der Waals surface area contributed by atoms with Gasteiger partial charge in [-0.3, -0.25) is 9.78 Å². The molecule has 2 heterocycles. The topological polar surface area (TPSA) is 53.4 Å². The summed E-state index contributed by atoms with van der Waals surface area (Å²) in [7, 11) is 0. The van der Waals surface area contributed by atoms with Gasteiger partial charge in [0.1, 0.15) is 0 Å². The van der Waals surface area contributed by atoms with E-state index >= 15 is 0 Å². The van der Waals surface area contributed by atoms with Crippen molar-refractivity contribution in [3.63, 3.8) is 0 Å². The second kappa shape index (κ2) is 6.17. The minimum Gasteiger partial charge on any atom is -0.388 e. The Morgan fingerprint density at radius 1 is 1.33 bits per heavy atom. The van der Waals surface area contributed by atoms with Crippen molar-refractivity contribution in [2.75, 3.05) is 6.54 Å². The number of aromatic nitrogens is 1. The summed E-state index contributed by atoms with van der Waals surface area (Å²) in [5.74, 6) is 0.0860. The smallest absolute Gasteiger partial charge is 0.227 e. The molecule has 1 saturated heterocycles. The largest absolute Gasteiger partial charge is 0.388 e. The minimum atomic E-state index is -0.863. The van der Waals surface area contributed by atoms with E-state index in [1.54, 1.807) is 13.8 Å². The Labute approximate surface area is 143 Å². The molecule has 2 aromatic rings. The molecular weight excluding hydrogens is 300 g/mol. The van der Waals surface area contributed by atoms with Crippen molar-refractivity contribution in [1.29, 1.82) is 0 Å². The molecule has 0 saturated carbocycles. The van der Waals surface area contributed by atoms with Crippen LogP contribution in [-0.4, -0.2) is 39.1 Å². The fraction of sp³-hybridized carbons (Fsp3) is 0.500. The summed E-state index contributed by atoms with van der Waals surface area (Å²) in [6.07, 6.45) is 2.17. The van der Waals surface area contributed by atoms with Crippen LogP contribution in [0.2, 0.25) is 0 Å². The average Bonchev–Trinajstić information content (AvgIpc) is 3.01. The third-order valence-corrected chi connectivity index (χ3v) is 5.20. The molecule has 1 aliphatic heterocycles. The van der Waals surface area contributed by atoms with Crippen LogP contribution >= 0.6 is 0 Å². The van der Waals surface area contributed by atoms with Crippen molar-refractivity contribution in [1.82, 2.24) is 9.88 Å². The Morgan fingerprint density at radius 2 is 2.04 bits per heavy atom. The van der Waals surface area contributed by atoms with Crippen LogP contribution < -0.4 is 0 Å². The highest BCUT2D eigenvalue weighted by Crippen LogP contribution is 2.29. The van der Waals surface area contributed by atoms with Gasteiger partial charge in [-0.05, 0) is 57.7 Å². The number of carbonyl (C=O) groups excluding carboxylic acids is 1. The first-order valence-electron chi connectivity index (χ1n) is 8.65. The number of benzene rings is 1. The summed E-state index contributed by atoms with van der Waals surface area (Å²) in [6, 6.07) is 7.95. The molecule has 0 bridgehead atoms. The summed E-state index contributed by atoms with van der Waals surface area (Å²) in [5, 5.41) is 11.5. The molecule has 3 rings (SSSR count). The number of aliphatic hydroxyl groups is 1. The van der Waals surface area contributed by atoms with Gasteiger partial charge in [-0.25, -0.2) is 0 Å². The summed E-state index contributed by atoms with van der Waals surface area (Å²) in [5.41, 5.74) is 3.17. The number of hydrogen-bond acceptors (Lipinski definition) is 3.